The molecule has 1 aliphatic heterocycles. The molecule has 1 fully saturated rings. The summed E-state index contributed by atoms with van der Waals surface area (Å²) in [5.41, 5.74) is 6.90. The molecule has 6 nitrogen and oxygen atoms in total. The van der Waals surface area contributed by atoms with Gasteiger partial charge < -0.3 is 14.4 Å². The normalized spacial score (nSPS) is 14.3. The summed E-state index contributed by atoms with van der Waals surface area (Å²) < 4.78 is 3.95. The van der Waals surface area contributed by atoms with Crippen LogP contribution in [0.3, 0.4) is 0 Å². The van der Waals surface area contributed by atoms with Crippen LogP contribution in [0.1, 0.15) is 11.4 Å². The van der Waals surface area contributed by atoms with Gasteiger partial charge in [0.15, 0.2) is 0 Å². The first-order valence-electron chi connectivity index (χ1n) is 11.2. The molecule has 32 heavy (non-hydrogen) atoms. The molecule has 2 aromatic carbocycles. The highest BCUT2D eigenvalue weighted by molar-refractivity contribution is 5.89. The van der Waals surface area contributed by atoms with Crippen molar-refractivity contribution in [1.29, 1.82) is 0 Å². The van der Waals surface area contributed by atoms with Gasteiger partial charge in [-0.1, -0.05) is 24.3 Å². The number of nitrogens with zero attached hydrogens (tertiary/aromatic N) is 5. The van der Waals surface area contributed by atoms with Gasteiger partial charge in [0.2, 0.25) is 5.91 Å². The van der Waals surface area contributed by atoms with Gasteiger partial charge in [-0.2, -0.15) is 5.10 Å². The van der Waals surface area contributed by atoms with Crippen molar-refractivity contribution in [3.63, 3.8) is 0 Å². The van der Waals surface area contributed by atoms with E-state index in [4.69, 9.17) is 0 Å². The molecule has 1 saturated heterocycles. The van der Waals surface area contributed by atoms with Crippen molar-refractivity contribution in [1.82, 2.24) is 19.2 Å². The molecule has 0 bridgehead atoms. The van der Waals surface area contributed by atoms with Crippen LogP contribution < -0.4 is 4.90 Å². The van der Waals surface area contributed by atoms with Gasteiger partial charge in [-0.3, -0.25) is 9.48 Å². The van der Waals surface area contributed by atoms with Crippen LogP contribution in [0, 0.1) is 13.8 Å². The number of hydrogen-bond acceptors (Lipinski definition) is 3. The van der Waals surface area contributed by atoms with Crippen LogP contribution in [0.2, 0.25) is 0 Å². The number of carbonyl (C=O) groups excluding carboxylic acids is 1. The summed E-state index contributed by atoms with van der Waals surface area (Å²) in [4.78, 5) is 17.2. The lowest BCUT2D eigenvalue weighted by molar-refractivity contribution is -0.132. The molecule has 0 N–H and O–H groups in total. The predicted molar refractivity (Wildman–Crippen MR) is 129 cm³/mol. The van der Waals surface area contributed by atoms with Crippen LogP contribution >= 0.6 is 0 Å². The smallest absolute Gasteiger partial charge is 0.244 e. The Balaban J connectivity index is 1.31. The molecule has 164 valence electrons. The highest BCUT2D eigenvalue weighted by Crippen LogP contribution is 2.33. The van der Waals surface area contributed by atoms with E-state index in [1.165, 1.54) is 27.7 Å². The van der Waals surface area contributed by atoms with E-state index >= 15 is 0 Å². The lowest BCUT2D eigenvalue weighted by Crippen LogP contribution is -2.49. The molecular weight excluding hydrogens is 398 g/mol. The predicted octanol–water partition coefficient (Wildman–Crippen LogP) is 4.01. The minimum atomic E-state index is 0.138. The Morgan fingerprint density at radius 1 is 0.969 bits per heavy atom. The summed E-state index contributed by atoms with van der Waals surface area (Å²) in [6, 6.07) is 19.4. The summed E-state index contributed by atoms with van der Waals surface area (Å²) in [7, 11) is 2.07. The van der Waals surface area contributed by atoms with Gasteiger partial charge in [0.25, 0.3) is 0 Å². The lowest BCUT2D eigenvalue weighted by atomic mass is 10.0. The maximum Gasteiger partial charge on any atom is 0.244 e. The van der Waals surface area contributed by atoms with E-state index in [1.807, 2.05) is 24.8 Å². The van der Waals surface area contributed by atoms with Crippen LogP contribution in [0.25, 0.3) is 22.0 Å². The Bertz CT molecular complexity index is 1280. The molecule has 0 unspecified atom stereocenters. The zero-order chi connectivity index (χ0) is 22.2. The van der Waals surface area contributed by atoms with Crippen molar-refractivity contribution in [3.05, 3.63) is 72.2 Å². The second-order valence-corrected chi connectivity index (χ2v) is 8.67. The third-order valence-corrected chi connectivity index (χ3v) is 6.46. The van der Waals surface area contributed by atoms with Crippen LogP contribution in [0.4, 0.5) is 5.69 Å². The van der Waals surface area contributed by atoms with Crippen molar-refractivity contribution in [3.8, 4) is 11.1 Å². The minimum absolute atomic E-state index is 0.138. The molecule has 0 aliphatic carbocycles. The topological polar surface area (TPSA) is 46.3 Å². The molecule has 0 saturated carbocycles. The molecule has 0 radical (unpaired) electrons. The Morgan fingerprint density at radius 2 is 1.75 bits per heavy atom. The molecule has 2 aromatic heterocycles. The van der Waals surface area contributed by atoms with Crippen molar-refractivity contribution < 1.29 is 4.79 Å². The Morgan fingerprint density at radius 3 is 2.50 bits per heavy atom. The fourth-order valence-electron chi connectivity index (χ4n) is 4.70. The van der Waals surface area contributed by atoms with Gasteiger partial charge in [0, 0.05) is 67.3 Å². The first-order chi connectivity index (χ1) is 15.5. The van der Waals surface area contributed by atoms with Gasteiger partial charge in [-0.25, -0.2) is 0 Å². The maximum absolute atomic E-state index is 12.8. The first kappa shape index (κ1) is 20.4. The average molecular weight is 428 g/mol. The Labute approximate surface area is 188 Å². The number of fused-ring (bicyclic) bond motifs is 1. The molecule has 3 heterocycles. The number of benzene rings is 2. The van der Waals surface area contributed by atoms with E-state index in [2.05, 4.69) is 76.3 Å². The highest BCUT2D eigenvalue weighted by atomic mass is 16.2. The quantitative estimate of drug-likeness (QED) is 0.494. The number of piperazine rings is 1. The number of hydrogen-bond donors (Lipinski definition) is 0. The second kappa shape index (κ2) is 8.19. The van der Waals surface area contributed by atoms with E-state index in [1.54, 1.807) is 4.68 Å². The van der Waals surface area contributed by atoms with Crippen molar-refractivity contribution in [2.45, 2.75) is 20.4 Å². The summed E-state index contributed by atoms with van der Waals surface area (Å²) in [6.07, 6.45) is 2.10. The maximum atomic E-state index is 12.8. The third-order valence-electron chi connectivity index (χ3n) is 6.46. The summed E-state index contributed by atoms with van der Waals surface area (Å²) in [6.45, 7) is 7.37. The van der Waals surface area contributed by atoms with Crippen LogP contribution in [0.15, 0.2) is 60.8 Å². The molecule has 6 heteroatoms. The summed E-state index contributed by atoms with van der Waals surface area (Å²) in [5.74, 6) is 0.138. The largest absolute Gasteiger partial charge is 0.367 e. The Kier molecular flexibility index (Phi) is 5.21. The zero-order valence-electron chi connectivity index (χ0n) is 19.0. The molecule has 4 aromatic rings. The average Bonchev–Trinajstić information content (AvgIpc) is 3.34. The van der Waals surface area contributed by atoms with E-state index < -0.39 is 0 Å². The van der Waals surface area contributed by atoms with Gasteiger partial charge in [-0.15, -0.1) is 0 Å². The van der Waals surface area contributed by atoms with Gasteiger partial charge in [-0.05, 0) is 49.7 Å². The van der Waals surface area contributed by atoms with Crippen molar-refractivity contribution >= 4 is 22.5 Å². The van der Waals surface area contributed by atoms with Crippen molar-refractivity contribution in [2.24, 2.45) is 7.05 Å². The molecule has 5 rings (SSSR count). The molecule has 1 aliphatic rings. The number of rotatable bonds is 4. The summed E-state index contributed by atoms with van der Waals surface area (Å²) >= 11 is 0. The molecule has 0 atom stereocenters. The zero-order valence-corrected chi connectivity index (χ0v) is 19.0. The number of aromatic nitrogens is 3. The van der Waals surface area contributed by atoms with E-state index in [-0.39, 0.29) is 5.91 Å². The van der Waals surface area contributed by atoms with E-state index in [9.17, 15) is 4.79 Å². The summed E-state index contributed by atoms with van der Waals surface area (Å²) in [5, 5.41) is 5.68. The first-order valence-corrected chi connectivity index (χ1v) is 11.2. The number of carbonyl (C=O) groups is 1. The van der Waals surface area contributed by atoms with Gasteiger partial charge in [0.1, 0.15) is 6.54 Å². The number of para-hydroxylation sites is 1. The standard InChI is InChI=1S/C26H29N5O/c1-19-16-20(2)31(27-19)18-26(32)30-14-12-29(13-15-30)25-7-5-4-6-23(25)21-8-9-24-22(17-21)10-11-28(24)3/h4-11,16-17H,12-15,18H2,1-3H3. The fraction of sp³-hybridized carbons (Fsp3) is 0.308. The molecule has 1 amide bonds. The lowest BCUT2D eigenvalue weighted by Gasteiger charge is -2.37. The monoisotopic (exact) mass is 427 g/mol. The van der Waals surface area contributed by atoms with Crippen LogP contribution in [-0.4, -0.2) is 51.3 Å². The fourth-order valence-corrected chi connectivity index (χ4v) is 4.70. The number of aryl methyl sites for hydroxylation is 3. The molecule has 0 spiro atoms. The number of anilines is 1. The van der Waals surface area contributed by atoms with Crippen molar-refractivity contribution in [2.75, 3.05) is 31.1 Å². The van der Waals surface area contributed by atoms with Gasteiger partial charge in [0.05, 0.1) is 5.69 Å². The van der Waals surface area contributed by atoms with Gasteiger partial charge >= 0.3 is 0 Å². The van der Waals surface area contributed by atoms with Crippen LogP contribution in [-0.2, 0) is 18.4 Å². The van der Waals surface area contributed by atoms with Crippen LogP contribution in [0.5, 0.6) is 0 Å². The SMILES string of the molecule is Cc1cc(C)n(CC(=O)N2CCN(c3ccccc3-c3ccc4c(ccn4C)c3)CC2)n1. The Hall–Kier alpha value is -3.54. The van der Waals surface area contributed by atoms with E-state index in [0.717, 1.165) is 37.6 Å². The number of amides is 1. The molecular formula is C26H29N5O. The second-order valence-electron chi connectivity index (χ2n) is 8.67. The minimum Gasteiger partial charge on any atom is -0.367 e. The van der Waals surface area contributed by atoms with E-state index in [0.29, 0.717) is 6.54 Å². The third kappa shape index (κ3) is 3.77. The highest BCUT2D eigenvalue weighted by Gasteiger charge is 2.23.